The maximum absolute atomic E-state index is 13.8. The van der Waals surface area contributed by atoms with Crippen LogP contribution in [0.25, 0.3) is 11.1 Å². The molecule has 0 saturated carbocycles. The fraction of sp³-hybridized carbons (Fsp3) is 0.406. The molecule has 0 bridgehead atoms. The number of nitrogens with zero attached hydrogens (tertiary/aromatic N) is 1. The molecule has 1 unspecified atom stereocenters. The number of amides is 1. The van der Waals surface area contributed by atoms with E-state index in [1.165, 1.54) is 17.7 Å². The summed E-state index contributed by atoms with van der Waals surface area (Å²) >= 11 is 0. The molecule has 0 spiro atoms. The highest BCUT2D eigenvalue weighted by Gasteiger charge is 2.37. The average Bonchev–Trinajstić information content (AvgIpc) is 2.89. The average molecular weight is 524 g/mol. The number of hydrogen-bond acceptors (Lipinski definition) is 2. The molecule has 1 aliphatic heterocycles. The van der Waals surface area contributed by atoms with Crippen LogP contribution in [0.4, 0.5) is 13.2 Å². The Morgan fingerprint density at radius 3 is 2.37 bits per heavy atom. The van der Waals surface area contributed by atoms with E-state index in [0.29, 0.717) is 23.8 Å². The first-order chi connectivity index (χ1) is 18.1. The van der Waals surface area contributed by atoms with E-state index in [1.54, 1.807) is 30.3 Å². The van der Waals surface area contributed by atoms with Gasteiger partial charge in [-0.3, -0.25) is 4.79 Å². The van der Waals surface area contributed by atoms with Crippen molar-refractivity contribution in [1.29, 1.82) is 0 Å². The number of hydrogen-bond donors (Lipinski definition) is 0. The van der Waals surface area contributed by atoms with Crippen LogP contribution in [0.1, 0.15) is 63.1 Å². The Bertz CT molecular complexity index is 1240. The van der Waals surface area contributed by atoms with E-state index < -0.39 is 11.7 Å². The lowest BCUT2D eigenvalue weighted by atomic mass is 9.89. The summed E-state index contributed by atoms with van der Waals surface area (Å²) in [5, 5.41) is 0. The van der Waals surface area contributed by atoms with Crippen LogP contribution in [0.3, 0.4) is 0 Å². The third kappa shape index (κ3) is 6.23. The summed E-state index contributed by atoms with van der Waals surface area (Å²) < 4.78 is 47.5. The van der Waals surface area contributed by atoms with Crippen molar-refractivity contribution in [3.63, 3.8) is 0 Å². The maximum Gasteiger partial charge on any atom is 0.417 e. The van der Waals surface area contributed by atoms with Crippen LogP contribution in [0.15, 0.2) is 72.8 Å². The summed E-state index contributed by atoms with van der Waals surface area (Å²) in [5.41, 5.74) is 2.11. The second kappa shape index (κ2) is 11.6. The lowest BCUT2D eigenvalue weighted by Gasteiger charge is -2.40. The van der Waals surface area contributed by atoms with Gasteiger partial charge < -0.3 is 9.64 Å². The topological polar surface area (TPSA) is 29.5 Å². The third-order valence-electron chi connectivity index (χ3n) is 7.39. The van der Waals surface area contributed by atoms with Crippen molar-refractivity contribution in [3.8, 4) is 16.9 Å². The normalized spacial score (nSPS) is 18.9. The molecule has 38 heavy (non-hydrogen) atoms. The lowest BCUT2D eigenvalue weighted by Crippen LogP contribution is -2.52. The second-order valence-corrected chi connectivity index (χ2v) is 10.7. The zero-order valence-corrected chi connectivity index (χ0v) is 22.5. The Kier molecular flexibility index (Phi) is 8.49. The minimum absolute atomic E-state index is 0.0550. The van der Waals surface area contributed by atoms with Crippen LogP contribution < -0.4 is 4.74 Å². The molecule has 1 aliphatic rings. The molecule has 0 N–H and O–H groups in total. The van der Waals surface area contributed by atoms with Crippen LogP contribution in [-0.2, 0) is 17.4 Å². The van der Waals surface area contributed by atoms with E-state index in [4.69, 9.17) is 4.74 Å². The van der Waals surface area contributed by atoms with Gasteiger partial charge in [-0.25, -0.2) is 0 Å². The van der Waals surface area contributed by atoms with Crippen molar-refractivity contribution < 1.29 is 22.7 Å². The highest BCUT2D eigenvalue weighted by molar-refractivity contribution is 5.84. The number of alkyl halides is 3. The second-order valence-electron chi connectivity index (χ2n) is 10.7. The quantitative estimate of drug-likeness (QED) is 0.313. The molecular formula is C32H36F3NO2. The molecule has 1 heterocycles. The van der Waals surface area contributed by atoms with E-state index >= 15 is 0 Å². The van der Waals surface area contributed by atoms with Crippen LogP contribution in [0.2, 0.25) is 0 Å². The molecular weight excluding hydrogens is 487 g/mol. The molecule has 0 aromatic heterocycles. The molecule has 3 atom stereocenters. The van der Waals surface area contributed by atoms with Gasteiger partial charge in [0.2, 0.25) is 5.91 Å². The molecule has 0 aliphatic carbocycles. The number of piperidine rings is 1. The lowest BCUT2D eigenvalue weighted by molar-refractivity contribution is -0.139. The van der Waals surface area contributed by atoms with Crippen molar-refractivity contribution in [2.24, 2.45) is 5.92 Å². The summed E-state index contributed by atoms with van der Waals surface area (Å²) in [5.74, 6) is 0.620. The molecule has 3 aromatic carbocycles. The number of ether oxygens (including phenoxy) is 1. The standard InChI is InChI=1S/C32H36F3NO2/c1-21(2)19-25-13-8-9-14-27(25)22(3)31(37)36-18-10-15-30(23(36)4)38-26-16-17-29(32(33,34)35)28(20-26)24-11-6-5-7-12-24/h5-9,11-14,16-17,20-23,30H,10,15,18-19H2,1-4H3/t22?,23-,30-/m0/s1. The van der Waals surface area contributed by atoms with Crippen molar-refractivity contribution in [3.05, 3.63) is 89.5 Å². The first kappa shape index (κ1) is 27.7. The molecule has 1 fully saturated rings. The van der Waals surface area contributed by atoms with E-state index in [1.807, 2.05) is 36.9 Å². The third-order valence-corrected chi connectivity index (χ3v) is 7.39. The first-order valence-corrected chi connectivity index (χ1v) is 13.4. The Morgan fingerprint density at radius 1 is 1.00 bits per heavy atom. The van der Waals surface area contributed by atoms with Gasteiger partial charge in [-0.1, -0.05) is 68.4 Å². The van der Waals surface area contributed by atoms with E-state index in [0.717, 1.165) is 30.9 Å². The zero-order chi connectivity index (χ0) is 27.4. The van der Waals surface area contributed by atoms with Gasteiger partial charge in [0.15, 0.2) is 0 Å². The van der Waals surface area contributed by atoms with Crippen molar-refractivity contribution in [1.82, 2.24) is 4.90 Å². The fourth-order valence-electron chi connectivity index (χ4n) is 5.42. The van der Waals surface area contributed by atoms with Crippen LogP contribution in [0, 0.1) is 5.92 Å². The van der Waals surface area contributed by atoms with Crippen LogP contribution >= 0.6 is 0 Å². The molecule has 1 saturated heterocycles. The summed E-state index contributed by atoms with van der Waals surface area (Å²) in [6.07, 6.45) is -2.39. The van der Waals surface area contributed by atoms with E-state index in [9.17, 15) is 18.0 Å². The minimum atomic E-state index is -4.48. The monoisotopic (exact) mass is 523 g/mol. The number of rotatable bonds is 7. The maximum atomic E-state index is 13.8. The Balaban J connectivity index is 1.55. The number of benzene rings is 3. The van der Waals surface area contributed by atoms with Gasteiger partial charge in [0.05, 0.1) is 17.5 Å². The fourth-order valence-corrected chi connectivity index (χ4v) is 5.42. The van der Waals surface area contributed by atoms with E-state index in [2.05, 4.69) is 19.9 Å². The van der Waals surface area contributed by atoms with Gasteiger partial charge in [-0.05, 0) is 79.5 Å². The number of likely N-dealkylation sites (tertiary alicyclic amines) is 1. The summed E-state index contributed by atoms with van der Waals surface area (Å²) in [7, 11) is 0. The summed E-state index contributed by atoms with van der Waals surface area (Å²) in [6.45, 7) is 8.90. The predicted octanol–water partition coefficient (Wildman–Crippen LogP) is 8.13. The zero-order valence-electron chi connectivity index (χ0n) is 22.5. The number of carbonyl (C=O) groups excluding carboxylic acids is 1. The highest BCUT2D eigenvalue weighted by Crippen LogP contribution is 2.39. The number of halogens is 3. The molecule has 202 valence electrons. The largest absolute Gasteiger partial charge is 0.488 e. The Labute approximate surface area is 223 Å². The SMILES string of the molecule is CC(C)Cc1ccccc1C(C)C(=O)N1CCC[C@H](Oc2ccc(C(F)(F)F)c(-c3ccccc3)c2)[C@@H]1C. The number of carbonyl (C=O) groups is 1. The van der Waals surface area contributed by atoms with Gasteiger partial charge in [0, 0.05) is 6.54 Å². The predicted molar refractivity (Wildman–Crippen MR) is 145 cm³/mol. The van der Waals surface area contributed by atoms with Crippen molar-refractivity contribution in [2.45, 2.75) is 71.2 Å². The molecule has 1 amide bonds. The highest BCUT2D eigenvalue weighted by atomic mass is 19.4. The molecule has 6 heteroatoms. The van der Waals surface area contributed by atoms with Gasteiger partial charge in [-0.15, -0.1) is 0 Å². The van der Waals surface area contributed by atoms with Crippen LogP contribution in [0.5, 0.6) is 5.75 Å². The molecule has 3 nitrogen and oxygen atoms in total. The van der Waals surface area contributed by atoms with Gasteiger partial charge in [-0.2, -0.15) is 13.2 Å². The van der Waals surface area contributed by atoms with Gasteiger partial charge in [0.25, 0.3) is 0 Å². The minimum Gasteiger partial charge on any atom is -0.488 e. The van der Waals surface area contributed by atoms with Gasteiger partial charge >= 0.3 is 6.18 Å². The first-order valence-electron chi connectivity index (χ1n) is 13.4. The smallest absolute Gasteiger partial charge is 0.417 e. The van der Waals surface area contributed by atoms with Crippen molar-refractivity contribution in [2.75, 3.05) is 6.54 Å². The molecule has 4 rings (SSSR count). The molecule has 0 radical (unpaired) electrons. The summed E-state index contributed by atoms with van der Waals surface area (Å²) in [4.78, 5) is 15.6. The van der Waals surface area contributed by atoms with Crippen molar-refractivity contribution >= 4 is 5.91 Å². The Morgan fingerprint density at radius 2 is 1.68 bits per heavy atom. The molecule has 3 aromatic rings. The summed E-state index contributed by atoms with van der Waals surface area (Å²) in [6, 6.07) is 20.4. The van der Waals surface area contributed by atoms with Crippen LogP contribution in [-0.4, -0.2) is 29.5 Å². The Hall–Kier alpha value is -3.28. The van der Waals surface area contributed by atoms with E-state index in [-0.39, 0.29) is 29.5 Å². The van der Waals surface area contributed by atoms with Gasteiger partial charge in [0.1, 0.15) is 11.9 Å².